The number of hydrogen-bond acceptors (Lipinski definition) is 5. The second-order valence-electron chi connectivity index (χ2n) is 9.16. The van der Waals surface area contributed by atoms with Gasteiger partial charge < -0.3 is 14.6 Å². The van der Waals surface area contributed by atoms with Crippen LogP contribution in [0.5, 0.6) is 5.75 Å². The highest BCUT2D eigenvalue weighted by Gasteiger charge is 2.37. The van der Waals surface area contributed by atoms with E-state index in [-0.39, 0.29) is 16.3 Å². The van der Waals surface area contributed by atoms with Crippen molar-refractivity contribution in [2.45, 2.75) is 33.9 Å². The van der Waals surface area contributed by atoms with E-state index in [1.165, 1.54) is 12.7 Å². The van der Waals surface area contributed by atoms with Crippen LogP contribution in [0.3, 0.4) is 0 Å². The third-order valence-corrected chi connectivity index (χ3v) is 7.39. The van der Waals surface area contributed by atoms with Crippen molar-refractivity contribution in [2.75, 3.05) is 19.0 Å². The SMILES string of the molecule is COc1ccc(C(F)(F)F)cc1NC(=O)CN1C(=O)S/C(=C\c2cc(C)n(-c3ccc(C)c(C)c3)c2C)C1=O. The van der Waals surface area contributed by atoms with Crippen molar-refractivity contribution < 1.29 is 32.3 Å². The number of anilines is 1. The molecule has 0 atom stereocenters. The summed E-state index contributed by atoms with van der Waals surface area (Å²) in [6.45, 7) is 7.25. The fourth-order valence-corrected chi connectivity index (χ4v) is 5.12. The number of alkyl halides is 3. The summed E-state index contributed by atoms with van der Waals surface area (Å²) in [6, 6.07) is 10.7. The fraction of sp³-hybridized carbons (Fsp3) is 0.250. The van der Waals surface area contributed by atoms with Gasteiger partial charge in [-0.25, -0.2) is 0 Å². The van der Waals surface area contributed by atoms with Crippen molar-refractivity contribution >= 4 is 40.6 Å². The van der Waals surface area contributed by atoms with Gasteiger partial charge in [0.15, 0.2) is 0 Å². The molecule has 1 aliphatic rings. The van der Waals surface area contributed by atoms with Crippen molar-refractivity contribution in [1.82, 2.24) is 9.47 Å². The van der Waals surface area contributed by atoms with Gasteiger partial charge in [-0.05, 0) is 98.6 Å². The summed E-state index contributed by atoms with van der Waals surface area (Å²) in [5, 5.41) is 1.66. The highest BCUT2D eigenvalue weighted by molar-refractivity contribution is 8.18. The van der Waals surface area contributed by atoms with Crippen LogP contribution in [-0.2, 0) is 15.8 Å². The minimum atomic E-state index is -4.63. The molecule has 3 aromatic rings. The van der Waals surface area contributed by atoms with Crippen LogP contribution in [0.1, 0.15) is 33.6 Å². The number of halogens is 3. The number of hydrogen-bond donors (Lipinski definition) is 1. The van der Waals surface area contributed by atoms with Crippen LogP contribution in [-0.4, -0.2) is 40.2 Å². The molecule has 2 aromatic carbocycles. The molecule has 1 fully saturated rings. The molecule has 1 saturated heterocycles. The molecule has 0 saturated carbocycles. The van der Waals surface area contributed by atoms with Crippen LogP contribution in [0.15, 0.2) is 47.4 Å². The molecule has 0 aliphatic carbocycles. The van der Waals surface area contributed by atoms with E-state index in [2.05, 4.69) is 16.0 Å². The first kappa shape index (κ1) is 28.0. The average molecular weight is 558 g/mol. The molecule has 1 N–H and O–H groups in total. The number of thioether (sulfide) groups is 1. The summed E-state index contributed by atoms with van der Waals surface area (Å²) in [5.74, 6) is -1.50. The Bertz CT molecular complexity index is 1520. The second kappa shape index (κ2) is 10.6. The van der Waals surface area contributed by atoms with E-state index in [0.29, 0.717) is 11.8 Å². The Morgan fingerprint density at radius 3 is 2.38 bits per heavy atom. The highest BCUT2D eigenvalue weighted by atomic mass is 32.2. The second-order valence-corrected chi connectivity index (χ2v) is 10.2. The van der Waals surface area contributed by atoms with Gasteiger partial charge in [0.2, 0.25) is 5.91 Å². The van der Waals surface area contributed by atoms with Crippen LogP contribution >= 0.6 is 11.8 Å². The average Bonchev–Trinajstić information content (AvgIpc) is 3.29. The van der Waals surface area contributed by atoms with E-state index in [0.717, 1.165) is 51.3 Å². The smallest absolute Gasteiger partial charge is 0.416 e. The number of carbonyl (C=O) groups is 3. The molecule has 1 aromatic heterocycles. The van der Waals surface area contributed by atoms with Gasteiger partial charge in [0.25, 0.3) is 11.1 Å². The number of ether oxygens (including phenoxy) is 1. The van der Waals surface area contributed by atoms with Crippen molar-refractivity contribution in [1.29, 1.82) is 0 Å². The monoisotopic (exact) mass is 557 g/mol. The number of imide groups is 1. The molecule has 0 bridgehead atoms. The minimum absolute atomic E-state index is 0.00418. The van der Waals surface area contributed by atoms with Crippen molar-refractivity contribution in [3.05, 3.63) is 81.0 Å². The lowest BCUT2D eigenvalue weighted by molar-refractivity contribution is -0.137. The predicted octanol–water partition coefficient (Wildman–Crippen LogP) is 6.41. The number of benzene rings is 2. The number of aromatic nitrogens is 1. The standard InChI is InChI=1S/C28H26F3N3O4S/c1-15-6-8-21(10-16(15)2)34-17(3)11-19(18(34)4)12-24-26(36)33(27(37)39-24)14-25(35)32-22-13-20(28(29,30)31)7-9-23(22)38-5/h6-13H,14H2,1-5H3,(H,32,35)/b24-12-. The van der Waals surface area contributed by atoms with Crippen LogP contribution in [0.4, 0.5) is 23.7 Å². The summed E-state index contributed by atoms with van der Waals surface area (Å²) < 4.78 is 46.4. The number of rotatable bonds is 6. The maximum atomic E-state index is 13.1. The van der Waals surface area contributed by atoms with Gasteiger partial charge in [0, 0.05) is 17.1 Å². The van der Waals surface area contributed by atoms with Crippen molar-refractivity contribution in [2.24, 2.45) is 0 Å². The molecule has 4 rings (SSSR count). The Morgan fingerprint density at radius 2 is 1.74 bits per heavy atom. The number of nitrogens with zero attached hydrogens (tertiary/aromatic N) is 2. The van der Waals surface area contributed by atoms with E-state index < -0.39 is 35.3 Å². The zero-order chi connectivity index (χ0) is 28.6. The van der Waals surface area contributed by atoms with Gasteiger partial charge >= 0.3 is 6.18 Å². The fourth-order valence-electron chi connectivity index (χ4n) is 4.29. The summed E-state index contributed by atoms with van der Waals surface area (Å²) >= 11 is 0.698. The number of carbonyl (C=O) groups excluding carboxylic acids is 3. The number of nitrogens with one attached hydrogen (secondary N) is 1. The normalized spacial score (nSPS) is 14.9. The van der Waals surface area contributed by atoms with Gasteiger partial charge in [-0.1, -0.05) is 6.07 Å². The Balaban J connectivity index is 1.54. The van der Waals surface area contributed by atoms with Gasteiger partial charge in [-0.3, -0.25) is 19.3 Å². The molecular formula is C28H26F3N3O4S. The molecule has 11 heteroatoms. The number of aryl methyl sites for hydroxylation is 3. The Kier molecular flexibility index (Phi) is 7.65. The third kappa shape index (κ3) is 5.73. The van der Waals surface area contributed by atoms with Crippen LogP contribution in [0, 0.1) is 27.7 Å². The summed E-state index contributed by atoms with van der Waals surface area (Å²) in [5.41, 5.74) is 4.64. The maximum Gasteiger partial charge on any atom is 0.416 e. The lowest BCUT2D eigenvalue weighted by Gasteiger charge is -2.16. The quantitative estimate of drug-likeness (QED) is 0.354. The molecule has 1 aliphatic heterocycles. The van der Waals surface area contributed by atoms with Gasteiger partial charge in [0.1, 0.15) is 12.3 Å². The van der Waals surface area contributed by atoms with Crippen molar-refractivity contribution in [3.8, 4) is 11.4 Å². The van der Waals surface area contributed by atoms with Crippen LogP contribution in [0.25, 0.3) is 11.8 Å². The highest BCUT2D eigenvalue weighted by Crippen LogP contribution is 2.36. The lowest BCUT2D eigenvalue weighted by Crippen LogP contribution is -2.36. The van der Waals surface area contributed by atoms with E-state index in [1.54, 1.807) is 6.08 Å². The third-order valence-electron chi connectivity index (χ3n) is 6.48. The molecule has 0 radical (unpaired) electrons. The maximum absolute atomic E-state index is 13.1. The first-order valence-corrected chi connectivity index (χ1v) is 12.7. The Labute approximate surface area is 227 Å². The molecule has 7 nitrogen and oxygen atoms in total. The molecular weight excluding hydrogens is 531 g/mol. The largest absolute Gasteiger partial charge is 0.495 e. The zero-order valence-corrected chi connectivity index (χ0v) is 22.7. The van der Waals surface area contributed by atoms with E-state index >= 15 is 0 Å². The molecule has 0 unspecified atom stereocenters. The molecule has 2 heterocycles. The van der Waals surface area contributed by atoms with Gasteiger partial charge in [-0.2, -0.15) is 13.2 Å². The predicted molar refractivity (Wildman–Crippen MR) is 144 cm³/mol. The Morgan fingerprint density at radius 1 is 1.03 bits per heavy atom. The minimum Gasteiger partial charge on any atom is -0.495 e. The van der Waals surface area contributed by atoms with E-state index in [1.807, 2.05) is 45.9 Å². The first-order valence-electron chi connectivity index (χ1n) is 11.9. The summed E-state index contributed by atoms with van der Waals surface area (Å²) in [4.78, 5) is 39.2. The first-order chi connectivity index (χ1) is 18.3. The van der Waals surface area contributed by atoms with E-state index in [9.17, 15) is 27.6 Å². The molecule has 39 heavy (non-hydrogen) atoms. The number of methoxy groups -OCH3 is 1. The molecule has 0 spiro atoms. The molecule has 204 valence electrons. The van der Waals surface area contributed by atoms with Gasteiger partial charge in [-0.15, -0.1) is 0 Å². The lowest BCUT2D eigenvalue weighted by atomic mass is 10.1. The van der Waals surface area contributed by atoms with E-state index in [4.69, 9.17) is 4.74 Å². The van der Waals surface area contributed by atoms with Crippen molar-refractivity contribution in [3.63, 3.8) is 0 Å². The Hall–Kier alpha value is -3.99. The summed E-state index contributed by atoms with van der Waals surface area (Å²) in [7, 11) is 1.25. The molecule has 3 amide bonds. The summed E-state index contributed by atoms with van der Waals surface area (Å²) in [6.07, 6.45) is -3.02. The van der Waals surface area contributed by atoms with Crippen LogP contribution < -0.4 is 10.1 Å². The van der Waals surface area contributed by atoms with Gasteiger partial charge in [0.05, 0.1) is 23.3 Å². The number of amides is 3. The zero-order valence-electron chi connectivity index (χ0n) is 21.9. The topological polar surface area (TPSA) is 80.6 Å². The van der Waals surface area contributed by atoms with Crippen LogP contribution in [0.2, 0.25) is 0 Å².